The maximum Gasteiger partial charge on any atom is 0.316 e. The van der Waals surface area contributed by atoms with Gasteiger partial charge in [0.2, 0.25) is 0 Å². The topological polar surface area (TPSA) is 81.4 Å². The molecular formula is C13H25BrN2O3S. The first kappa shape index (κ1) is 21.6. The van der Waals surface area contributed by atoms with Crippen molar-refractivity contribution >= 4 is 45.0 Å². The van der Waals surface area contributed by atoms with Crippen LogP contribution in [0.1, 0.15) is 40.0 Å². The van der Waals surface area contributed by atoms with Crippen LogP contribution in [0.3, 0.4) is 0 Å². The number of carbonyl (C=O) groups is 2. The Kier molecular flexibility index (Phi) is 14.4. The third kappa shape index (κ3) is 9.25. The zero-order valence-electron chi connectivity index (χ0n) is 12.6. The van der Waals surface area contributed by atoms with Gasteiger partial charge in [-0.15, -0.1) is 0 Å². The Morgan fingerprint density at radius 2 is 2.00 bits per heavy atom. The molecule has 0 aromatic rings. The first-order valence-corrected chi connectivity index (χ1v) is 8.08. The molecule has 0 aromatic heterocycles. The highest BCUT2D eigenvalue weighted by atomic mass is 79.9. The van der Waals surface area contributed by atoms with Crippen molar-refractivity contribution in [2.75, 3.05) is 13.7 Å². The zero-order chi connectivity index (χ0) is 16.1. The summed E-state index contributed by atoms with van der Waals surface area (Å²) in [5, 5.41) is 2.88. The van der Waals surface area contributed by atoms with Crippen molar-refractivity contribution in [3.8, 4) is 0 Å². The smallest absolute Gasteiger partial charge is 0.316 e. The largest absolute Gasteiger partial charge is 0.465 e. The number of Topliss-reactive ketones (excluding diaryl/α,β-unsaturated/α-hetero) is 1. The molecule has 0 amide bonds. The van der Waals surface area contributed by atoms with Gasteiger partial charge in [0.15, 0.2) is 10.9 Å². The maximum absolute atomic E-state index is 11.5. The van der Waals surface area contributed by atoms with Gasteiger partial charge in [-0.1, -0.05) is 36.2 Å². The molecule has 5 nitrogen and oxygen atoms in total. The van der Waals surface area contributed by atoms with E-state index in [1.807, 2.05) is 13.8 Å². The molecule has 0 bridgehead atoms. The van der Waals surface area contributed by atoms with Crippen LogP contribution in [0.15, 0.2) is 0 Å². The molecule has 118 valence electrons. The molecule has 7 heteroatoms. The summed E-state index contributed by atoms with van der Waals surface area (Å²) in [7, 11) is 1.68. The van der Waals surface area contributed by atoms with Crippen LogP contribution >= 0.6 is 28.1 Å². The molecule has 20 heavy (non-hydrogen) atoms. The second kappa shape index (κ2) is 13.3. The third-order valence-corrected chi connectivity index (χ3v) is 3.53. The number of carbonyl (C=O) groups excluding carboxylic acids is 2. The number of nitrogens with one attached hydrogen (secondary N) is 1. The summed E-state index contributed by atoms with van der Waals surface area (Å²) < 4.78 is 4.82. The van der Waals surface area contributed by atoms with E-state index in [0.29, 0.717) is 18.1 Å². The van der Waals surface area contributed by atoms with Crippen molar-refractivity contribution in [3.05, 3.63) is 0 Å². The molecule has 1 saturated carbocycles. The SMILES string of the molecule is CC.CCOC(=O)C1CCCC(Br)C1=O.CNC(N)=S. The number of halogens is 1. The summed E-state index contributed by atoms with van der Waals surface area (Å²) in [6.07, 6.45) is 2.37. The summed E-state index contributed by atoms with van der Waals surface area (Å²) in [5.41, 5.74) is 4.91. The van der Waals surface area contributed by atoms with E-state index in [4.69, 9.17) is 10.5 Å². The van der Waals surface area contributed by atoms with E-state index in [2.05, 4.69) is 33.5 Å². The number of ether oxygens (including phenoxy) is 1. The van der Waals surface area contributed by atoms with E-state index < -0.39 is 5.92 Å². The summed E-state index contributed by atoms with van der Waals surface area (Å²) in [6.45, 7) is 6.09. The Morgan fingerprint density at radius 1 is 1.50 bits per heavy atom. The van der Waals surface area contributed by atoms with Crippen molar-refractivity contribution in [3.63, 3.8) is 0 Å². The van der Waals surface area contributed by atoms with Gasteiger partial charge in [0.1, 0.15) is 5.92 Å². The molecule has 1 aliphatic rings. The minimum Gasteiger partial charge on any atom is -0.465 e. The van der Waals surface area contributed by atoms with E-state index in [0.717, 1.165) is 12.8 Å². The number of nitrogens with two attached hydrogens (primary N) is 1. The van der Waals surface area contributed by atoms with Crippen LogP contribution in [-0.2, 0) is 14.3 Å². The predicted octanol–water partition coefficient (Wildman–Crippen LogP) is 2.16. The molecule has 1 aliphatic carbocycles. The summed E-state index contributed by atoms with van der Waals surface area (Å²) in [5.74, 6) is -0.917. The molecule has 0 saturated heterocycles. The van der Waals surface area contributed by atoms with Crippen LogP contribution in [0.4, 0.5) is 0 Å². The van der Waals surface area contributed by atoms with E-state index >= 15 is 0 Å². The van der Waals surface area contributed by atoms with Gasteiger partial charge < -0.3 is 15.8 Å². The Labute approximate surface area is 135 Å². The average Bonchev–Trinajstić information content (AvgIpc) is 2.45. The molecule has 2 unspecified atom stereocenters. The van der Waals surface area contributed by atoms with Gasteiger partial charge in [0.05, 0.1) is 11.4 Å². The second-order valence-corrected chi connectivity index (χ2v) is 5.26. The van der Waals surface area contributed by atoms with E-state index in [-0.39, 0.29) is 16.6 Å². The van der Waals surface area contributed by atoms with Crippen LogP contribution in [0.5, 0.6) is 0 Å². The number of hydrogen-bond acceptors (Lipinski definition) is 4. The van der Waals surface area contributed by atoms with Crippen molar-refractivity contribution in [1.82, 2.24) is 5.32 Å². The molecule has 1 rings (SSSR count). The summed E-state index contributed by atoms with van der Waals surface area (Å²) >= 11 is 7.62. The lowest BCUT2D eigenvalue weighted by Crippen LogP contribution is -2.35. The molecule has 0 heterocycles. The van der Waals surface area contributed by atoms with Gasteiger partial charge in [-0.25, -0.2) is 0 Å². The van der Waals surface area contributed by atoms with Gasteiger partial charge in [0, 0.05) is 7.05 Å². The van der Waals surface area contributed by atoms with Crippen LogP contribution in [0, 0.1) is 5.92 Å². The highest BCUT2D eigenvalue weighted by Gasteiger charge is 2.35. The molecule has 0 aliphatic heterocycles. The normalized spacial score (nSPS) is 20.6. The first-order valence-electron chi connectivity index (χ1n) is 6.75. The quantitative estimate of drug-likeness (QED) is 0.336. The lowest BCUT2D eigenvalue weighted by Gasteiger charge is -2.22. The monoisotopic (exact) mass is 368 g/mol. The molecule has 0 radical (unpaired) electrons. The Morgan fingerprint density at radius 3 is 2.40 bits per heavy atom. The highest BCUT2D eigenvalue weighted by Crippen LogP contribution is 2.26. The molecular weight excluding hydrogens is 344 g/mol. The van der Waals surface area contributed by atoms with Crippen LogP contribution in [0.2, 0.25) is 0 Å². The number of esters is 1. The molecule has 3 N–H and O–H groups in total. The van der Waals surface area contributed by atoms with E-state index in [1.54, 1.807) is 14.0 Å². The van der Waals surface area contributed by atoms with Crippen molar-refractivity contribution in [2.45, 2.75) is 44.9 Å². The van der Waals surface area contributed by atoms with Gasteiger partial charge in [0.25, 0.3) is 0 Å². The Balaban J connectivity index is 0. The lowest BCUT2D eigenvalue weighted by atomic mass is 9.88. The van der Waals surface area contributed by atoms with Crippen LogP contribution in [-0.4, -0.2) is 35.3 Å². The van der Waals surface area contributed by atoms with Gasteiger partial charge in [-0.05, 0) is 32.0 Å². The third-order valence-electron chi connectivity index (χ3n) is 2.42. The lowest BCUT2D eigenvalue weighted by molar-refractivity contribution is -0.152. The standard InChI is InChI=1S/C9H13BrO3.C2H6N2S.C2H6/c1-2-13-9(12)6-4-3-5-7(10)8(6)11;1-4-2(3)5;1-2/h6-7H,2-5H2,1H3;1H3,(H3,3,4,5);1-2H3. The number of ketones is 1. The second-order valence-electron chi connectivity index (χ2n) is 3.72. The van der Waals surface area contributed by atoms with E-state index in [1.165, 1.54) is 0 Å². The minimum atomic E-state index is -0.530. The average molecular weight is 369 g/mol. The molecule has 0 spiro atoms. The fraction of sp³-hybridized carbons (Fsp3) is 0.769. The van der Waals surface area contributed by atoms with Gasteiger partial charge in [-0.2, -0.15) is 0 Å². The van der Waals surface area contributed by atoms with Crippen molar-refractivity contribution < 1.29 is 14.3 Å². The van der Waals surface area contributed by atoms with E-state index in [9.17, 15) is 9.59 Å². The van der Waals surface area contributed by atoms with Gasteiger partial charge >= 0.3 is 5.97 Å². The molecule has 2 atom stereocenters. The number of alkyl halides is 1. The van der Waals surface area contributed by atoms with Crippen molar-refractivity contribution in [1.29, 1.82) is 0 Å². The number of rotatable bonds is 2. The van der Waals surface area contributed by atoms with Crippen LogP contribution in [0.25, 0.3) is 0 Å². The minimum absolute atomic E-state index is 0.0234. The summed E-state index contributed by atoms with van der Waals surface area (Å²) in [4.78, 5) is 22.6. The molecule has 1 fully saturated rings. The Bertz CT molecular complexity index is 314. The fourth-order valence-electron chi connectivity index (χ4n) is 1.48. The fourth-order valence-corrected chi connectivity index (χ4v) is 2.12. The molecule has 0 aromatic carbocycles. The highest BCUT2D eigenvalue weighted by molar-refractivity contribution is 9.10. The number of thiocarbonyl (C=S) groups is 1. The predicted molar refractivity (Wildman–Crippen MR) is 88.9 cm³/mol. The van der Waals surface area contributed by atoms with Gasteiger partial charge in [-0.3, -0.25) is 9.59 Å². The number of hydrogen-bond donors (Lipinski definition) is 2. The Hall–Kier alpha value is -0.690. The van der Waals surface area contributed by atoms with Crippen LogP contribution < -0.4 is 11.1 Å². The first-order chi connectivity index (χ1) is 9.43. The maximum atomic E-state index is 11.5. The zero-order valence-corrected chi connectivity index (χ0v) is 15.0. The van der Waals surface area contributed by atoms with Crippen molar-refractivity contribution in [2.24, 2.45) is 11.7 Å². The summed E-state index contributed by atoms with van der Waals surface area (Å²) in [6, 6.07) is 0.